The van der Waals surface area contributed by atoms with Crippen LogP contribution in [-0.4, -0.2) is 12.1 Å². The average Bonchev–Trinajstić information content (AvgIpc) is 3.05. The highest BCUT2D eigenvalue weighted by atomic mass is 16.5. The molecule has 0 aromatic carbocycles. The number of allylic oxidation sites excluding steroid dienone is 1. The monoisotopic (exact) mass is 428 g/mol. The van der Waals surface area contributed by atoms with Crippen LogP contribution in [0.15, 0.2) is 11.6 Å². The molecule has 176 valence electrons. The minimum atomic E-state index is -0.115. The third-order valence-electron chi connectivity index (χ3n) is 10.6. The van der Waals surface area contributed by atoms with Crippen LogP contribution in [0.5, 0.6) is 0 Å². The van der Waals surface area contributed by atoms with Gasteiger partial charge >= 0.3 is 5.97 Å². The summed E-state index contributed by atoms with van der Waals surface area (Å²) in [6, 6.07) is 0. The lowest BCUT2D eigenvalue weighted by Gasteiger charge is -2.58. The Kier molecular flexibility index (Phi) is 6.68. The van der Waals surface area contributed by atoms with Gasteiger partial charge in [-0.2, -0.15) is 0 Å². The zero-order valence-electron chi connectivity index (χ0n) is 21.2. The second-order valence-corrected chi connectivity index (χ2v) is 12.8. The topological polar surface area (TPSA) is 26.3 Å². The van der Waals surface area contributed by atoms with Gasteiger partial charge < -0.3 is 4.74 Å². The maximum Gasteiger partial charge on any atom is 0.302 e. The number of hydrogen-bond donors (Lipinski definition) is 0. The van der Waals surface area contributed by atoms with Gasteiger partial charge in [0, 0.05) is 13.3 Å². The Bertz CT molecular complexity index is 693. The third kappa shape index (κ3) is 4.26. The molecule has 0 radical (unpaired) electrons. The van der Waals surface area contributed by atoms with Gasteiger partial charge in [-0.1, -0.05) is 65.5 Å². The van der Waals surface area contributed by atoms with Crippen molar-refractivity contribution < 1.29 is 9.53 Å². The standard InChI is InChI=1S/C29H48O2/c1-19(2)8-7-9-20(3)25-12-13-26-24-11-10-22-18-23(31-21(4)30)14-16-28(22,5)27(24)15-17-29(25,26)6/h10,19-20,23-27H,7-9,11-18H2,1-6H3/t20-,23+,24+,25?,26+,27+,28+,29-/m1/s1. The van der Waals surface area contributed by atoms with Crippen LogP contribution in [0.4, 0.5) is 0 Å². The highest BCUT2D eigenvalue weighted by Crippen LogP contribution is 2.67. The first-order chi connectivity index (χ1) is 14.6. The molecule has 8 atom stereocenters. The van der Waals surface area contributed by atoms with E-state index in [1.807, 2.05) is 0 Å². The van der Waals surface area contributed by atoms with E-state index in [1.54, 1.807) is 12.5 Å². The van der Waals surface area contributed by atoms with E-state index in [0.717, 1.165) is 48.3 Å². The molecule has 4 aliphatic rings. The van der Waals surface area contributed by atoms with E-state index >= 15 is 0 Å². The number of carbonyl (C=O) groups is 1. The molecule has 3 saturated carbocycles. The van der Waals surface area contributed by atoms with Crippen LogP contribution in [0.25, 0.3) is 0 Å². The number of esters is 1. The fourth-order valence-electron chi connectivity index (χ4n) is 8.99. The molecule has 0 saturated heterocycles. The Morgan fingerprint density at radius 3 is 2.55 bits per heavy atom. The molecule has 0 bridgehead atoms. The first kappa shape index (κ1) is 23.4. The molecule has 0 aliphatic heterocycles. The predicted octanol–water partition coefficient (Wildman–Crippen LogP) is 7.96. The lowest BCUT2D eigenvalue weighted by Crippen LogP contribution is -2.51. The summed E-state index contributed by atoms with van der Waals surface area (Å²) in [7, 11) is 0. The lowest BCUT2D eigenvalue weighted by molar-refractivity contribution is -0.148. The van der Waals surface area contributed by atoms with E-state index in [4.69, 9.17) is 4.74 Å². The predicted molar refractivity (Wildman–Crippen MR) is 129 cm³/mol. The second-order valence-electron chi connectivity index (χ2n) is 12.8. The number of fused-ring (bicyclic) bond motifs is 5. The maximum atomic E-state index is 11.5. The number of ether oxygens (including phenoxy) is 1. The van der Waals surface area contributed by atoms with Gasteiger partial charge in [0.15, 0.2) is 0 Å². The first-order valence-electron chi connectivity index (χ1n) is 13.5. The molecule has 2 nitrogen and oxygen atoms in total. The molecule has 4 rings (SSSR count). The van der Waals surface area contributed by atoms with E-state index in [9.17, 15) is 4.79 Å². The van der Waals surface area contributed by atoms with Crippen molar-refractivity contribution in [1.82, 2.24) is 0 Å². The Labute approximate surface area is 192 Å². The van der Waals surface area contributed by atoms with Crippen molar-refractivity contribution in [2.75, 3.05) is 0 Å². The lowest BCUT2D eigenvalue weighted by atomic mass is 9.47. The van der Waals surface area contributed by atoms with Crippen LogP contribution < -0.4 is 0 Å². The molecule has 3 fully saturated rings. The SMILES string of the molecule is CC(=O)O[C@H]1CC[C@@]2(C)C(=CC[C@@H]3[C@@H]2CC[C@]2(C)C([C@H](C)CCCC(C)C)CC[C@@H]32)C1. The van der Waals surface area contributed by atoms with Gasteiger partial charge in [0.1, 0.15) is 6.10 Å². The van der Waals surface area contributed by atoms with Crippen LogP contribution in [0, 0.1) is 46.3 Å². The van der Waals surface area contributed by atoms with E-state index < -0.39 is 0 Å². The Balaban J connectivity index is 1.47. The Morgan fingerprint density at radius 2 is 1.84 bits per heavy atom. The fraction of sp³-hybridized carbons (Fsp3) is 0.897. The molecule has 0 aromatic heterocycles. The smallest absolute Gasteiger partial charge is 0.302 e. The molecular weight excluding hydrogens is 380 g/mol. The van der Waals surface area contributed by atoms with Gasteiger partial charge in [-0.25, -0.2) is 0 Å². The highest BCUT2D eigenvalue weighted by Gasteiger charge is 2.59. The van der Waals surface area contributed by atoms with Crippen LogP contribution in [-0.2, 0) is 9.53 Å². The number of rotatable bonds is 6. The Morgan fingerprint density at radius 1 is 1.06 bits per heavy atom. The molecule has 0 heterocycles. The van der Waals surface area contributed by atoms with Gasteiger partial charge in [-0.3, -0.25) is 4.79 Å². The molecular formula is C29H48O2. The molecule has 4 aliphatic carbocycles. The normalized spacial score (nSPS) is 42.9. The fourth-order valence-corrected chi connectivity index (χ4v) is 8.99. The molecule has 0 spiro atoms. The van der Waals surface area contributed by atoms with Crippen molar-refractivity contribution in [1.29, 1.82) is 0 Å². The van der Waals surface area contributed by atoms with Crippen molar-refractivity contribution in [2.45, 2.75) is 118 Å². The van der Waals surface area contributed by atoms with E-state index in [0.29, 0.717) is 10.8 Å². The zero-order valence-corrected chi connectivity index (χ0v) is 21.2. The molecule has 1 unspecified atom stereocenters. The van der Waals surface area contributed by atoms with Gasteiger partial charge in [0.05, 0.1) is 0 Å². The number of hydrogen-bond acceptors (Lipinski definition) is 2. The minimum Gasteiger partial charge on any atom is -0.462 e. The van der Waals surface area contributed by atoms with Crippen LogP contribution >= 0.6 is 0 Å². The molecule has 0 N–H and O–H groups in total. The summed E-state index contributed by atoms with van der Waals surface area (Å²) in [6.07, 6.45) is 17.2. The van der Waals surface area contributed by atoms with Gasteiger partial charge in [-0.15, -0.1) is 0 Å². The quantitative estimate of drug-likeness (QED) is 0.317. The largest absolute Gasteiger partial charge is 0.462 e. The van der Waals surface area contributed by atoms with E-state index in [2.05, 4.69) is 40.7 Å². The summed E-state index contributed by atoms with van der Waals surface area (Å²) in [6.45, 7) is 14.1. The van der Waals surface area contributed by atoms with E-state index in [1.165, 1.54) is 57.8 Å². The van der Waals surface area contributed by atoms with Crippen molar-refractivity contribution in [3.63, 3.8) is 0 Å². The van der Waals surface area contributed by atoms with Crippen molar-refractivity contribution in [2.24, 2.45) is 46.3 Å². The molecule has 31 heavy (non-hydrogen) atoms. The summed E-state index contributed by atoms with van der Waals surface area (Å²) in [5.41, 5.74) is 2.53. The van der Waals surface area contributed by atoms with Gasteiger partial charge in [0.25, 0.3) is 0 Å². The summed E-state index contributed by atoms with van der Waals surface area (Å²) >= 11 is 0. The molecule has 0 aromatic rings. The van der Waals surface area contributed by atoms with Crippen LogP contribution in [0.2, 0.25) is 0 Å². The maximum absolute atomic E-state index is 11.5. The number of carbonyl (C=O) groups excluding carboxylic acids is 1. The van der Waals surface area contributed by atoms with Crippen LogP contribution in [0.3, 0.4) is 0 Å². The minimum absolute atomic E-state index is 0.115. The average molecular weight is 429 g/mol. The first-order valence-corrected chi connectivity index (χ1v) is 13.5. The van der Waals surface area contributed by atoms with Crippen molar-refractivity contribution in [3.05, 3.63) is 11.6 Å². The summed E-state index contributed by atoms with van der Waals surface area (Å²) in [5, 5.41) is 0. The molecule has 0 amide bonds. The van der Waals surface area contributed by atoms with E-state index in [-0.39, 0.29) is 12.1 Å². The van der Waals surface area contributed by atoms with Gasteiger partial charge in [0.2, 0.25) is 0 Å². The van der Waals surface area contributed by atoms with Crippen molar-refractivity contribution in [3.8, 4) is 0 Å². The van der Waals surface area contributed by atoms with Gasteiger partial charge in [-0.05, 0) is 91.3 Å². The molecule has 2 heteroatoms. The summed E-state index contributed by atoms with van der Waals surface area (Å²) in [5.74, 6) is 5.19. The highest BCUT2D eigenvalue weighted by molar-refractivity contribution is 5.66. The summed E-state index contributed by atoms with van der Waals surface area (Å²) < 4.78 is 5.61. The second kappa shape index (κ2) is 8.86. The Hall–Kier alpha value is -0.790. The zero-order chi connectivity index (χ0) is 22.4. The van der Waals surface area contributed by atoms with Crippen molar-refractivity contribution >= 4 is 5.97 Å². The third-order valence-corrected chi connectivity index (χ3v) is 10.6. The van der Waals surface area contributed by atoms with Crippen LogP contribution in [0.1, 0.15) is 112 Å². The summed E-state index contributed by atoms with van der Waals surface area (Å²) in [4.78, 5) is 11.5.